The van der Waals surface area contributed by atoms with Gasteiger partial charge in [0.05, 0.1) is 11.0 Å². The Kier molecular flexibility index (Phi) is 6.18. The van der Waals surface area contributed by atoms with Crippen molar-refractivity contribution in [3.05, 3.63) is 96.1 Å². The second-order valence-corrected chi connectivity index (χ2v) is 8.88. The summed E-state index contributed by atoms with van der Waals surface area (Å²) < 4.78 is 2.44. The van der Waals surface area contributed by atoms with Gasteiger partial charge in [-0.25, -0.2) is 4.98 Å². The molecule has 1 aliphatic rings. The Morgan fingerprint density at radius 2 is 1.85 bits per heavy atom. The second kappa shape index (κ2) is 9.55. The summed E-state index contributed by atoms with van der Waals surface area (Å²) in [5, 5.41) is 0. The van der Waals surface area contributed by atoms with Gasteiger partial charge in [0.2, 0.25) is 0 Å². The highest BCUT2D eigenvalue weighted by Crippen LogP contribution is 2.33. The smallest absolute Gasteiger partial charge is 0.152 e. The number of carbonyl (C=O) groups excluding carboxylic acids is 1. The van der Waals surface area contributed by atoms with E-state index in [2.05, 4.69) is 76.2 Å². The number of piperidine rings is 1. The SMILES string of the molecule is CC(=O)/C=C/c1cccc(-c2nc3ccccc3n2C2CCCN(Cc3ccccc3)C2)c1. The quantitative estimate of drug-likeness (QED) is 0.341. The van der Waals surface area contributed by atoms with Crippen molar-refractivity contribution in [1.29, 1.82) is 0 Å². The molecule has 0 spiro atoms. The van der Waals surface area contributed by atoms with Crippen molar-refractivity contribution in [2.45, 2.75) is 32.4 Å². The van der Waals surface area contributed by atoms with Gasteiger partial charge in [0.1, 0.15) is 5.82 Å². The van der Waals surface area contributed by atoms with Crippen LogP contribution in [-0.4, -0.2) is 33.3 Å². The lowest BCUT2D eigenvalue weighted by Gasteiger charge is -2.34. The number of benzene rings is 3. The fourth-order valence-electron chi connectivity index (χ4n) is 4.84. The third-order valence-electron chi connectivity index (χ3n) is 6.35. The molecule has 0 aliphatic carbocycles. The molecule has 0 saturated carbocycles. The number of aromatic nitrogens is 2. The van der Waals surface area contributed by atoms with E-state index in [1.54, 1.807) is 13.0 Å². The van der Waals surface area contributed by atoms with Gasteiger partial charge < -0.3 is 4.57 Å². The molecule has 4 aromatic rings. The van der Waals surface area contributed by atoms with Gasteiger partial charge in [-0.15, -0.1) is 0 Å². The van der Waals surface area contributed by atoms with Crippen molar-refractivity contribution >= 4 is 22.9 Å². The summed E-state index contributed by atoms with van der Waals surface area (Å²) in [5.74, 6) is 1.05. The number of para-hydroxylation sites is 2. The number of hydrogen-bond acceptors (Lipinski definition) is 3. The molecule has 33 heavy (non-hydrogen) atoms. The van der Waals surface area contributed by atoms with E-state index in [0.717, 1.165) is 48.5 Å². The number of carbonyl (C=O) groups is 1. The van der Waals surface area contributed by atoms with Crippen LogP contribution in [0.25, 0.3) is 28.5 Å². The lowest BCUT2D eigenvalue weighted by atomic mass is 10.0. The number of ketones is 1. The molecule has 1 aromatic heterocycles. The summed E-state index contributed by atoms with van der Waals surface area (Å²) in [6, 6.07) is 27.8. The predicted octanol–water partition coefficient (Wildman–Crippen LogP) is 6.14. The summed E-state index contributed by atoms with van der Waals surface area (Å²) >= 11 is 0. The first kappa shape index (κ1) is 21.4. The molecule has 0 amide bonds. The van der Waals surface area contributed by atoms with Crippen molar-refractivity contribution in [3.8, 4) is 11.4 Å². The molecule has 3 aromatic carbocycles. The van der Waals surface area contributed by atoms with E-state index in [1.807, 2.05) is 18.2 Å². The molecule has 0 N–H and O–H groups in total. The van der Waals surface area contributed by atoms with Crippen LogP contribution in [0.4, 0.5) is 0 Å². The van der Waals surface area contributed by atoms with Crippen LogP contribution >= 0.6 is 0 Å². The van der Waals surface area contributed by atoms with Crippen LogP contribution in [-0.2, 0) is 11.3 Å². The number of imidazole rings is 1. The van der Waals surface area contributed by atoms with Crippen molar-refractivity contribution in [3.63, 3.8) is 0 Å². The van der Waals surface area contributed by atoms with E-state index in [9.17, 15) is 4.79 Å². The number of nitrogens with zero attached hydrogens (tertiary/aromatic N) is 3. The van der Waals surface area contributed by atoms with Gasteiger partial charge in [-0.2, -0.15) is 0 Å². The third-order valence-corrected chi connectivity index (χ3v) is 6.35. The van der Waals surface area contributed by atoms with E-state index in [1.165, 1.54) is 17.5 Å². The minimum absolute atomic E-state index is 0.0494. The highest BCUT2D eigenvalue weighted by Gasteiger charge is 2.25. The maximum Gasteiger partial charge on any atom is 0.152 e. The van der Waals surface area contributed by atoms with Crippen LogP contribution in [0.5, 0.6) is 0 Å². The molecular formula is C29H29N3O. The Morgan fingerprint density at radius 3 is 2.70 bits per heavy atom. The fraction of sp³-hybridized carbons (Fsp3) is 0.241. The second-order valence-electron chi connectivity index (χ2n) is 8.88. The molecular weight excluding hydrogens is 406 g/mol. The summed E-state index contributed by atoms with van der Waals surface area (Å²) in [4.78, 5) is 19.0. The molecule has 0 bridgehead atoms. The van der Waals surface area contributed by atoms with E-state index >= 15 is 0 Å². The molecule has 1 atom stereocenters. The van der Waals surface area contributed by atoms with Gasteiger partial charge >= 0.3 is 0 Å². The van der Waals surface area contributed by atoms with Gasteiger partial charge in [0.15, 0.2) is 5.78 Å². The van der Waals surface area contributed by atoms with Crippen LogP contribution < -0.4 is 0 Å². The van der Waals surface area contributed by atoms with Crippen LogP contribution in [0, 0.1) is 0 Å². The molecule has 2 heterocycles. The van der Waals surface area contributed by atoms with Gasteiger partial charge in [0.25, 0.3) is 0 Å². The molecule has 166 valence electrons. The highest BCUT2D eigenvalue weighted by molar-refractivity contribution is 5.91. The largest absolute Gasteiger partial charge is 0.320 e. The number of hydrogen-bond donors (Lipinski definition) is 0. The monoisotopic (exact) mass is 435 g/mol. The van der Waals surface area contributed by atoms with Crippen LogP contribution in [0.2, 0.25) is 0 Å². The Labute approximate surface area is 195 Å². The first-order chi connectivity index (χ1) is 16.2. The standard InChI is InChI=1S/C29H29N3O/c1-22(33)16-17-23-11-7-12-25(19-23)29-30-27-14-5-6-15-28(27)32(29)26-13-8-18-31(21-26)20-24-9-3-2-4-10-24/h2-7,9-12,14-17,19,26H,8,13,18,20-21H2,1H3/b17-16+. The Morgan fingerprint density at radius 1 is 1.03 bits per heavy atom. The highest BCUT2D eigenvalue weighted by atomic mass is 16.1. The average Bonchev–Trinajstić information content (AvgIpc) is 3.23. The van der Waals surface area contributed by atoms with E-state index in [-0.39, 0.29) is 5.78 Å². The first-order valence-corrected chi connectivity index (χ1v) is 11.7. The summed E-state index contributed by atoms with van der Waals surface area (Å²) in [7, 11) is 0. The maximum atomic E-state index is 11.4. The lowest BCUT2D eigenvalue weighted by Crippen LogP contribution is -2.36. The van der Waals surface area contributed by atoms with Gasteiger partial charge in [0, 0.05) is 24.7 Å². The zero-order chi connectivity index (χ0) is 22.6. The predicted molar refractivity (Wildman–Crippen MR) is 135 cm³/mol. The minimum Gasteiger partial charge on any atom is -0.320 e. The maximum absolute atomic E-state index is 11.4. The Balaban J connectivity index is 1.51. The van der Waals surface area contributed by atoms with Crippen molar-refractivity contribution < 1.29 is 4.79 Å². The number of rotatable bonds is 6. The number of allylic oxidation sites excluding steroid dienone is 1. The van der Waals surface area contributed by atoms with Gasteiger partial charge in [-0.3, -0.25) is 9.69 Å². The van der Waals surface area contributed by atoms with Gasteiger partial charge in [-0.05, 0) is 61.7 Å². The number of fused-ring (bicyclic) bond motifs is 1. The fourth-order valence-corrected chi connectivity index (χ4v) is 4.84. The normalized spacial score (nSPS) is 17.1. The average molecular weight is 436 g/mol. The van der Waals surface area contributed by atoms with Crippen LogP contribution in [0.1, 0.15) is 36.9 Å². The minimum atomic E-state index is 0.0494. The first-order valence-electron chi connectivity index (χ1n) is 11.7. The lowest BCUT2D eigenvalue weighted by molar-refractivity contribution is -0.112. The van der Waals surface area contributed by atoms with Crippen molar-refractivity contribution in [2.24, 2.45) is 0 Å². The summed E-state index contributed by atoms with van der Waals surface area (Å²) in [6.45, 7) is 4.68. The third kappa shape index (κ3) is 4.81. The van der Waals surface area contributed by atoms with Crippen LogP contribution in [0.15, 0.2) is 84.9 Å². The van der Waals surface area contributed by atoms with E-state index < -0.39 is 0 Å². The molecule has 4 nitrogen and oxygen atoms in total. The van der Waals surface area contributed by atoms with Crippen molar-refractivity contribution in [1.82, 2.24) is 14.5 Å². The molecule has 1 fully saturated rings. The van der Waals surface area contributed by atoms with E-state index in [0.29, 0.717) is 6.04 Å². The molecule has 1 aliphatic heterocycles. The number of likely N-dealkylation sites (tertiary alicyclic amines) is 1. The molecule has 1 saturated heterocycles. The summed E-state index contributed by atoms with van der Waals surface area (Å²) in [5.41, 5.74) is 5.66. The molecule has 5 rings (SSSR count). The molecule has 1 unspecified atom stereocenters. The summed E-state index contributed by atoms with van der Waals surface area (Å²) in [6.07, 6.45) is 5.80. The molecule has 0 radical (unpaired) electrons. The topological polar surface area (TPSA) is 38.1 Å². The Bertz CT molecular complexity index is 1290. The van der Waals surface area contributed by atoms with Crippen LogP contribution in [0.3, 0.4) is 0 Å². The zero-order valence-corrected chi connectivity index (χ0v) is 19.0. The Hall–Kier alpha value is -3.50. The van der Waals surface area contributed by atoms with Gasteiger partial charge in [-0.1, -0.05) is 66.7 Å². The molecule has 4 heteroatoms. The van der Waals surface area contributed by atoms with E-state index in [4.69, 9.17) is 4.98 Å². The van der Waals surface area contributed by atoms with Crippen molar-refractivity contribution in [2.75, 3.05) is 13.1 Å². The zero-order valence-electron chi connectivity index (χ0n) is 19.0.